The van der Waals surface area contributed by atoms with Crippen LogP contribution in [0.15, 0.2) is 24.3 Å². The van der Waals surface area contributed by atoms with Crippen LogP contribution in [0.5, 0.6) is 0 Å². The first-order chi connectivity index (χ1) is 12.3. The van der Waals surface area contributed by atoms with Gasteiger partial charge in [0.05, 0.1) is 4.87 Å². The molecule has 0 bridgehead atoms. The number of nitrogens with one attached hydrogen (secondary N) is 1. The van der Waals surface area contributed by atoms with Gasteiger partial charge in [0, 0.05) is 18.7 Å². The number of nitrogens with zero attached hydrogens (tertiary/aromatic N) is 1. The predicted molar refractivity (Wildman–Crippen MR) is 99.3 cm³/mol. The van der Waals surface area contributed by atoms with Gasteiger partial charge in [0.2, 0.25) is 5.91 Å². The summed E-state index contributed by atoms with van der Waals surface area (Å²) >= 11 is 1.60. The molecule has 0 aliphatic carbocycles. The van der Waals surface area contributed by atoms with Gasteiger partial charge in [-0.2, -0.15) is 0 Å². The number of benzene rings is 1. The predicted octanol–water partition coefficient (Wildman–Crippen LogP) is 2.00. The van der Waals surface area contributed by atoms with Crippen LogP contribution in [0.2, 0.25) is 0 Å². The molecule has 2 saturated heterocycles. The normalized spacial score (nSPS) is 25.7. The summed E-state index contributed by atoms with van der Waals surface area (Å²) in [7, 11) is 0. The highest BCUT2D eigenvalue weighted by Crippen LogP contribution is 2.47. The Labute approximate surface area is 157 Å². The van der Waals surface area contributed by atoms with Gasteiger partial charge in [0.1, 0.15) is 6.04 Å². The third kappa shape index (κ3) is 3.72. The molecule has 6 nitrogen and oxygen atoms in total. The van der Waals surface area contributed by atoms with E-state index in [2.05, 4.69) is 5.32 Å². The van der Waals surface area contributed by atoms with Gasteiger partial charge in [-0.15, -0.1) is 11.8 Å². The molecule has 2 amide bonds. The van der Waals surface area contributed by atoms with E-state index in [4.69, 9.17) is 4.74 Å². The van der Waals surface area contributed by atoms with E-state index < -0.39 is 18.1 Å². The van der Waals surface area contributed by atoms with Gasteiger partial charge >= 0.3 is 5.97 Å². The van der Waals surface area contributed by atoms with E-state index in [0.29, 0.717) is 18.7 Å². The Balaban J connectivity index is 1.53. The number of hydrogen-bond acceptors (Lipinski definition) is 5. The van der Waals surface area contributed by atoms with Gasteiger partial charge in [-0.25, -0.2) is 4.79 Å². The molecule has 0 spiro atoms. The van der Waals surface area contributed by atoms with Crippen LogP contribution in [0, 0.1) is 6.92 Å². The van der Waals surface area contributed by atoms with Crippen molar-refractivity contribution in [2.75, 3.05) is 5.75 Å². The van der Waals surface area contributed by atoms with E-state index in [1.165, 1.54) is 0 Å². The lowest BCUT2D eigenvalue weighted by atomic mass is 10.1. The Morgan fingerprint density at radius 1 is 1.38 bits per heavy atom. The van der Waals surface area contributed by atoms with Crippen LogP contribution in [0.1, 0.15) is 37.8 Å². The minimum Gasteiger partial charge on any atom is -0.451 e. The van der Waals surface area contributed by atoms with E-state index in [-0.39, 0.29) is 16.7 Å². The van der Waals surface area contributed by atoms with Crippen molar-refractivity contribution in [2.24, 2.45) is 0 Å². The molecule has 0 aromatic heterocycles. The second-order valence-corrected chi connectivity index (χ2v) is 8.55. The summed E-state index contributed by atoms with van der Waals surface area (Å²) in [5.74, 6) is -0.357. The molecule has 3 atom stereocenters. The van der Waals surface area contributed by atoms with Crippen molar-refractivity contribution in [3.63, 3.8) is 0 Å². The molecule has 1 aromatic rings. The van der Waals surface area contributed by atoms with Gasteiger partial charge in [0.15, 0.2) is 6.10 Å². The fourth-order valence-corrected chi connectivity index (χ4v) is 4.76. The summed E-state index contributed by atoms with van der Waals surface area (Å²) in [4.78, 5) is 38.1. The Bertz CT molecular complexity index is 721. The third-order valence-electron chi connectivity index (χ3n) is 4.97. The zero-order valence-corrected chi connectivity index (χ0v) is 16.1. The fraction of sp³-hybridized carbons (Fsp3) is 0.526. The number of fused-ring (bicyclic) bond motifs is 1. The Morgan fingerprint density at radius 2 is 2.08 bits per heavy atom. The van der Waals surface area contributed by atoms with Crippen molar-refractivity contribution in [1.29, 1.82) is 0 Å². The van der Waals surface area contributed by atoms with Gasteiger partial charge in [0.25, 0.3) is 5.91 Å². The van der Waals surface area contributed by atoms with Crippen molar-refractivity contribution >= 4 is 29.5 Å². The number of carbonyl (C=O) groups excluding carboxylic acids is 3. The monoisotopic (exact) mass is 376 g/mol. The number of esters is 1. The lowest BCUT2D eigenvalue weighted by molar-refractivity contribution is -0.161. The quantitative estimate of drug-likeness (QED) is 0.796. The average molecular weight is 376 g/mol. The molecule has 2 aliphatic heterocycles. The third-order valence-corrected chi connectivity index (χ3v) is 6.47. The number of amides is 2. The van der Waals surface area contributed by atoms with Crippen LogP contribution < -0.4 is 5.32 Å². The van der Waals surface area contributed by atoms with Crippen LogP contribution in [0.3, 0.4) is 0 Å². The highest BCUT2D eigenvalue weighted by atomic mass is 32.2. The number of rotatable bonds is 5. The summed E-state index contributed by atoms with van der Waals surface area (Å²) in [6, 6.07) is 7.25. The molecule has 2 aliphatic rings. The van der Waals surface area contributed by atoms with Crippen molar-refractivity contribution in [3.8, 4) is 0 Å². The van der Waals surface area contributed by atoms with Gasteiger partial charge in [-0.1, -0.05) is 29.8 Å². The van der Waals surface area contributed by atoms with E-state index in [1.54, 1.807) is 23.6 Å². The molecule has 140 valence electrons. The summed E-state index contributed by atoms with van der Waals surface area (Å²) in [6.07, 6.45) is 0.301. The van der Waals surface area contributed by atoms with E-state index in [1.807, 2.05) is 38.1 Å². The Morgan fingerprint density at radius 3 is 2.77 bits per heavy atom. The largest absolute Gasteiger partial charge is 0.451 e. The number of carbonyl (C=O) groups is 3. The first kappa shape index (κ1) is 18.8. The topological polar surface area (TPSA) is 75.7 Å². The zero-order valence-electron chi connectivity index (χ0n) is 15.3. The second kappa shape index (κ2) is 7.31. The smallest absolute Gasteiger partial charge is 0.330 e. The molecule has 2 heterocycles. The lowest BCUT2D eigenvalue weighted by Gasteiger charge is -2.29. The fourth-order valence-electron chi connectivity index (χ4n) is 3.34. The first-order valence-electron chi connectivity index (χ1n) is 8.80. The number of ether oxygens (including phenoxy) is 1. The maximum atomic E-state index is 12.5. The van der Waals surface area contributed by atoms with Crippen LogP contribution in [-0.4, -0.2) is 45.5 Å². The molecular weight excluding hydrogens is 352 g/mol. The highest BCUT2D eigenvalue weighted by Gasteiger charge is 2.53. The molecule has 7 heteroatoms. The molecular formula is C19H24N2O4S. The maximum Gasteiger partial charge on any atom is 0.330 e. The minimum absolute atomic E-state index is 0.0177. The molecule has 26 heavy (non-hydrogen) atoms. The van der Waals surface area contributed by atoms with E-state index in [0.717, 1.165) is 17.5 Å². The second-order valence-electron chi connectivity index (χ2n) is 7.05. The first-order valence-corrected chi connectivity index (χ1v) is 9.78. The summed E-state index contributed by atoms with van der Waals surface area (Å²) in [6.45, 7) is 5.91. The SMILES string of the molecule is Cc1ccc(CNC(=O)[C@H](C)OC(=O)[C@H]2CS[C@@]3(C)CCC(=O)N23)cc1. The van der Waals surface area contributed by atoms with Gasteiger partial charge in [-0.3, -0.25) is 9.59 Å². The zero-order chi connectivity index (χ0) is 18.9. The van der Waals surface area contributed by atoms with E-state index in [9.17, 15) is 14.4 Å². The molecule has 0 radical (unpaired) electrons. The Hall–Kier alpha value is -2.02. The number of thioether (sulfide) groups is 1. The van der Waals surface area contributed by atoms with Crippen molar-refractivity contribution in [1.82, 2.24) is 10.2 Å². The van der Waals surface area contributed by atoms with E-state index >= 15 is 0 Å². The molecule has 1 N–H and O–H groups in total. The summed E-state index contributed by atoms with van der Waals surface area (Å²) in [5.41, 5.74) is 2.13. The maximum absolute atomic E-state index is 12.5. The molecule has 3 rings (SSSR count). The summed E-state index contributed by atoms with van der Waals surface area (Å²) < 4.78 is 5.35. The molecule has 0 saturated carbocycles. The summed E-state index contributed by atoms with van der Waals surface area (Å²) in [5, 5.41) is 2.77. The van der Waals surface area contributed by atoms with Crippen molar-refractivity contribution in [3.05, 3.63) is 35.4 Å². The molecule has 0 unspecified atom stereocenters. The van der Waals surface area contributed by atoms with Crippen molar-refractivity contribution < 1.29 is 19.1 Å². The van der Waals surface area contributed by atoms with Crippen LogP contribution in [-0.2, 0) is 25.7 Å². The van der Waals surface area contributed by atoms with Crippen LogP contribution >= 0.6 is 11.8 Å². The number of aryl methyl sites for hydroxylation is 1. The number of hydrogen-bond donors (Lipinski definition) is 1. The van der Waals surface area contributed by atoms with Crippen LogP contribution in [0.25, 0.3) is 0 Å². The van der Waals surface area contributed by atoms with Gasteiger partial charge in [-0.05, 0) is 32.8 Å². The lowest BCUT2D eigenvalue weighted by Crippen LogP contribution is -2.48. The Kier molecular flexibility index (Phi) is 5.27. The van der Waals surface area contributed by atoms with Crippen molar-refractivity contribution in [2.45, 2.75) is 57.2 Å². The highest BCUT2D eigenvalue weighted by molar-refractivity contribution is 8.01. The van der Waals surface area contributed by atoms with Crippen LogP contribution in [0.4, 0.5) is 0 Å². The molecule has 2 fully saturated rings. The minimum atomic E-state index is -0.900. The average Bonchev–Trinajstić information content (AvgIpc) is 3.10. The standard InChI is InChI=1S/C19H24N2O4S/c1-12-4-6-14(7-5-12)10-20-17(23)13(2)25-18(24)15-11-26-19(3)9-8-16(22)21(15)19/h4-7,13,15H,8-11H2,1-3H3,(H,20,23)/t13-,15+,19-/m0/s1. The molecule has 1 aromatic carbocycles. The van der Waals surface area contributed by atoms with Gasteiger partial charge < -0.3 is 15.0 Å².